The molecule has 0 saturated heterocycles. The van der Waals surface area contributed by atoms with Gasteiger partial charge in [0, 0.05) is 18.6 Å². The summed E-state index contributed by atoms with van der Waals surface area (Å²) in [4.78, 5) is 9.81. The van der Waals surface area contributed by atoms with E-state index in [1.54, 1.807) is 0 Å². The Morgan fingerprint density at radius 3 is 2.50 bits per heavy atom. The lowest BCUT2D eigenvalue weighted by atomic mass is 10.3. The standard InChI is InChI=1S/C9H10FNO3/c10-6-1-7-14-9-4-2-8(3-5-9)11(12)13/h2-5H,1,6-7H2. The van der Waals surface area contributed by atoms with Crippen LogP contribution in [0, 0.1) is 10.1 Å². The smallest absolute Gasteiger partial charge is 0.269 e. The van der Waals surface area contributed by atoms with Crippen LogP contribution in [0.3, 0.4) is 0 Å². The van der Waals surface area contributed by atoms with Gasteiger partial charge in [-0.3, -0.25) is 14.5 Å². The van der Waals surface area contributed by atoms with E-state index in [9.17, 15) is 14.5 Å². The maximum atomic E-state index is 11.7. The van der Waals surface area contributed by atoms with Crippen molar-refractivity contribution in [3.63, 3.8) is 0 Å². The third-order valence-corrected chi connectivity index (χ3v) is 1.59. The van der Waals surface area contributed by atoms with Gasteiger partial charge in [0.25, 0.3) is 5.69 Å². The summed E-state index contributed by atoms with van der Waals surface area (Å²) in [6, 6.07) is 5.70. The number of halogens is 1. The van der Waals surface area contributed by atoms with Crippen molar-refractivity contribution in [3.05, 3.63) is 34.4 Å². The van der Waals surface area contributed by atoms with E-state index >= 15 is 0 Å². The van der Waals surface area contributed by atoms with Gasteiger partial charge in [-0.1, -0.05) is 0 Å². The molecule has 0 amide bonds. The molecule has 0 saturated carbocycles. The minimum Gasteiger partial charge on any atom is -0.493 e. The number of nitro benzene ring substituents is 1. The Morgan fingerprint density at radius 2 is 2.00 bits per heavy atom. The fourth-order valence-corrected chi connectivity index (χ4v) is 0.909. The number of hydrogen-bond acceptors (Lipinski definition) is 3. The zero-order valence-corrected chi connectivity index (χ0v) is 7.48. The van der Waals surface area contributed by atoms with Crippen molar-refractivity contribution in [3.8, 4) is 5.75 Å². The summed E-state index contributed by atoms with van der Waals surface area (Å²) >= 11 is 0. The first-order valence-electron chi connectivity index (χ1n) is 4.17. The molecular weight excluding hydrogens is 189 g/mol. The molecule has 4 nitrogen and oxygen atoms in total. The van der Waals surface area contributed by atoms with E-state index in [-0.39, 0.29) is 12.3 Å². The number of alkyl halides is 1. The van der Waals surface area contributed by atoms with Crippen molar-refractivity contribution in [2.75, 3.05) is 13.3 Å². The predicted molar refractivity (Wildman–Crippen MR) is 49.2 cm³/mol. The highest BCUT2D eigenvalue weighted by molar-refractivity contribution is 5.35. The lowest BCUT2D eigenvalue weighted by Crippen LogP contribution is -1.98. The number of nitrogens with zero attached hydrogens (tertiary/aromatic N) is 1. The maximum Gasteiger partial charge on any atom is 0.269 e. The van der Waals surface area contributed by atoms with Crippen molar-refractivity contribution in [2.45, 2.75) is 6.42 Å². The number of rotatable bonds is 5. The Labute approximate surface area is 80.5 Å². The van der Waals surface area contributed by atoms with Gasteiger partial charge in [-0.25, -0.2) is 0 Å². The first-order chi connectivity index (χ1) is 6.74. The van der Waals surface area contributed by atoms with E-state index in [1.165, 1.54) is 24.3 Å². The van der Waals surface area contributed by atoms with Crippen LogP contribution in [0.25, 0.3) is 0 Å². The second-order valence-electron chi connectivity index (χ2n) is 2.64. The van der Waals surface area contributed by atoms with Crippen LogP contribution in [0.5, 0.6) is 5.75 Å². The fourth-order valence-electron chi connectivity index (χ4n) is 0.909. The topological polar surface area (TPSA) is 52.4 Å². The van der Waals surface area contributed by atoms with Gasteiger partial charge >= 0.3 is 0 Å². The number of nitro groups is 1. The molecule has 0 fully saturated rings. The summed E-state index contributed by atoms with van der Waals surface area (Å²) in [5.41, 5.74) is 0.0165. The Bertz CT molecular complexity index is 299. The van der Waals surface area contributed by atoms with Crippen molar-refractivity contribution in [1.29, 1.82) is 0 Å². The van der Waals surface area contributed by atoms with Gasteiger partial charge in [0.2, 0.25) is 0 Å². The number of ether oxygens (including phenoxy) is 1. The van der Waals surface area contributed by atoms with Crippen LogP contribution in [0.4, 0.5) is 10.1 Å². The Balaban J connectivity index is 2.51. The summed E-state index contributed by atoms with van der Waals surface area (Å²) in [5, 5.41) is 10.3. The molecule has 0 aromatic heterocycles. The molecule has 14 heavy (non-hydrogen) atoms. The third-order valence-electron chi connectivity index (χ3n) is 1.59. The minimum atomic E-state index is -0.481. The fraction of sp³-hybridized carbons (Fsp3) is 0.333. The second kappa shape index (κ2) is 5.16. The van der Waals surface area contributed by atoms with Gasteiger partial charge in [0.05, 0.1) is 18.2 Å². The summed E-state index contributed by atoms with van der Waals surface area (Å²) in [5.74, 6) is 0.518. The van der Waals surface area contributed by atoms with Crippen LogP contribution in [-0.2, 0) is 0 Å². The highest BCUT2D eigenvalue weighted by atomic mass is 19.1. The van der Waals surface area contributed by atoms with Gasteiger partial charge < -0.3 is 4.74 Å². The van der Waals surface area contributed by atoms with E-state index in [0.29, 0.717) is 12.2 Å². The van der Waals surface area contributed by atoms with Gasteiger partial charge in [0.15, 0.2) is 0 Å². The zero-order valence-electron chi connectivity index (χ0n) is 7.48. The summed E-state index contributed by atoms with van der Waals surface area (Å²) in [6.07, 6.45) is 0.330. The van der Waals surface area contributed by atoms with Crippen LogP contribution in [0.1, 0.15) is 6.42 Å². The van der Waals surface area contributed by atoms with Gasteiger partial charge in [-0.15, -0.1) is 0 Å². The molecule has 0 aliphatic heterocycles. The van der Waals surface area contributed by atoms with Crippen LogP contribution in [-0.4, -0.2) is 18.2 Å². The van der Waals surface area contributed by atoms with Gasteiger partial charge in [-0.2, -0.15) is 0 Å². The molecule has 76 valence electrons. The van der Waals surface area contributed by atoms with Crippen molar-refractivity contribution in [1.82, 2.24) is 0 Å². The quantitative estimate of drug-likeness (QED) is 0.415. The summed E-state index contributed by atoms with van der Waals surface area (Å²) < 4.78 is 16.8. The molecule has 0 heterocycles. The average Bonchev–Trinajstić information content (AvgIpc) is 2.19. The Hall–Kier alpha value is -1.65. The molecule has 0 aliphatic rings. The largest absolute Gasteiger partial charge is 0.493 e. The molecule has 0 spiro atoms. The maximum absolute atomic E-state index is 11.7. The van der Waals surface area contributed by atoms with Crippen LogP contribution < -0.4 is 4.74 Å². The molecule has 5 heteroatoms. The predicted octanol–water partition coefficient (Wildman–Crippen LogP) is 2.33. The summed E-state index contributed by atoms with van der Waals surface area (Å²) in [6.45, 7) is -0.138. The van der Waals surface area contributed by atoms with E-state index in [0.717, 1.165) is 0 Å². The SMILES string of the molecule is O=[N+]([O-])c1ccc(OCCCF)cc1. The number of non-ortho nitro benzene ring substituents is 1. The molecule has 0 aliphatic carbocycles. The highest BCUT2D eigenvalue weighted by Gasteiger charge is 2.03. The second-order valence-corrected chi connectivity index (χ2v) is 2.64. The minimum absolute atomic E-state index is 0.0165. The monoisotopic (exact) mass is 199 g/mol. The first-order valence-corrected chi connectivity index (χ1v) is 4.17. The molecule has 1 rings (SSSR count). The van der Waals surface area contributed by atoms with Crippen molar-refractivity contribution < 1.29 is 14.1 Å². The zero-order chi connectivity index (χ0) is 10.4. The average molecular weight is 199 g/mol. The summed E-state index contributed by atoms with van der Waals surface area (Å²) in [7, 11) is 0. The molecule has 0 bridgehead atoms. The van der Waals surface area contributed by atoms with Crippen LogP contribution in [0.2, 0.25) is 0 Å². The lowest BCUT2D eigenvalue weighted by molar-refractivity contribution is -0.384. The third kappa shape index (κ3) is 3.01. The molecule has 1 aromatic rings. The van der Waals surface area contributed by atoms with Gasteiger partial charge in [-0.05, 0) is 12.1 Å². The molecule has 0 unspecified atom stereocenters. The molecule has 0 radical (unpaired) electrons. The van der Waals surface area contributed by atoms with Crippen molar-refractivity contribution >= 4 is 5.69 Å². The lowest BCUT2D eigenvalue weighted by Gasteiger charge is -2.03. The highest BCUT2D eigenvalue weighted by Crippen LogP contribution is 2.17. The van der Waals surface area contributed by atoms with E-state index in [2.05, 4.69) is 0 Å². The van der Waals surface area contributed by atoms with Crippen LogP contribution in [0.15, 0.2) is 24.3 Å². The van der Waals surface area contributed by atoms with Crippen LogP contribution >= 0.6 is 0 Å². The normalized spacial score (nSPS) is 9.79. The number of hydrogen-bond donors (Lipinski definition) is 0. The van der Waals surface area contributed by atoms with Gasteiger partial charge in [0.1, 0.15) is 5.75 Å². The molecule has 1 aromatic carbocycles. The molecular formula is C9H10FNO3. The van der Waals surface area contributed by atoms with E-state index in [4.69, 9.17) is 4.74 Å². The van der Waals surface area contributed by atoms with E-state index in [1.807, 2.05) is 0 Å². The molecule has 0 N–H and O–H groups in total. The first kappa shape index (κ1) is 10.4. The Kier molecular flexibility index (Phi) is 3.84. The number of benzene rings is 1. The van der Waals surface area contributed by atoms with E-state index < -0.39 is 11.6 Å². The van der Waals surface area contributed by atoms with Crippen molar-refractivity contribution in [2.24, 2.45) is 0 Å². The Morgan fingerprint density at radius 1 is 1.36 bits per heavy atom. The molecule has 0 atom stereocenters.